The second kappa shape index (κ2) is 5.82. The Morgan fingerprint density at radius 2 is 1.72 bits per heavy atom. The molecule has 0 spiro atoms. The van der Waals surface area contributed by atoms with Crippen LogP contribution < -0.4 is 4.72 Å². The lowest BCUT2D eigenvalue weighted by Crippen LogP contribution is -2.39. The Kier molecular flexibility index (Phi) is 4.90. The molecule has 1 aromatic rings. The molecule has 2 atom stereocenters. The van der Waals surface area contributed by atoms with Gasteiger partial charge in [-0.1, -0.05) is 24.6 Å². The van der Waals surface area contributed by atoms with Gasteiger partial charge in [0.25, 0.3) is 0 Å². The lowest BCUT2D eigenvalue weighted by atomic mass is 10.1. The van der Waals surface area contributed by atoms with E-state index in [4.69, 9.17) is 11.6 Å². The molecule has 0 radical (unpaired) electrons. The van der Waals surface area contributed by atoms with E-state index in [2.05, 4.69) is 4.72 Å². The molecule has 18 heavy (non-hydrogen) atoms. The fourth-order valence-electron chi connectivity index (χ4n) is 1.33. The highest BCUT2D eigenvalue weighted by atomic mass is 35.5. The minimum atomic E-state index is -3.62. The van der Waals surface area contributed by atoms with Crippen LogP contribution >= 0.6 is 11.6 Å². The second-order valence-corrected chi connectivity index (χ2v) is 6.40. The number of halogens is 1. The van der Waals surface area contributed by atoms with Crippen LogP contribution in [0.2, 0.25) is 0 Å². The summed E-state index contributed by atoms with van der Waals surface area (Å²) in [6.45, 7) is 5.06. The van der Waals surface area contributed by atoms with Gasteiger partial charge in [-0.25, -0.2) is 13.1 Å². The number of sulfonamides is 1. The molecule has 0 bridgehead atoms. The van der Waals surface area contributed by atoms with E-state index in [9.17, 15) is 13.2 Å². The number of benzene rings is 1. The topological polar surface area (TPSA) is 63.2 Å². The average molecular weight is 290 g/mol. The van der Waals surface area contributed by atoms with Crippen molar-refractivity contribution >= 4 is 26.9 Å². The molecule has 0 saturated carbocycles. The van der Waals surface area contributed by atoms with Crippen LogP contribution in [0.4, 0.5) is 0 Å². The first-order chi connectivity index (χ1) is 8.24. The summed E-state index contributed by atoms with van der Waals surface area (Å²) in [6, 6.07) is 5.93. The van der Waals surface area contributed by atoms with Crippen LogP contribution in [-0.2, 0) is 14.8 Å². The van der Waals surface area contributed by atoms with Crippen molar-refractivity contribution in [3.05, 3.63) is 29.8 Å². The minimum Gasteiger partial charge on any atom is -0.281 e. The second-order valence-electron chi connectivity index (χ2n) is 4.32. The number of aryl methyl sites for hydroxylation is 1. The lowest BCUT2D eigenvalue weighted by molar-refractivity contribution is -0.115. The van der Waals surface area contributed by atoms with Crippen LogP contribution in [0.25, 0.3) is 0 Å². The molecule has 1 aromatic carbocycles. The maximum Gasteiger partial charge on any atom is 0.240 e. The van der Waals surface area contributed by atoms with Gasteiger partial charge in [-0.05, 0) is 37.6 Å². The Hall–Kier alpha value is -0.910. The van der Waals surface area contributed by atoms with E-state index < -0.39 is 27.2 Å². The lowest BCUT2D eigenvalue weighted by Gasteiger charge is -2.18. The molecule has 0 aliphatic rings. The van der Waals surface area contributed by atoms with Crippen molar-refractivity contribution in [1.82, 2.24) is 4.72 Å². The number of carbonyl (C=O) groups excluding carboxylic acids is 1. The van der Waals surface area contributed by atoms with Gasteiger partial charge in [0.05, 0.1) is 4.90 Å². The molecule has 1 rings (SSSR count). The van der Waals surface area contributed by atoms with E-state index in [0.717, 1.165) is 5.56 Å². The summed E-state index contributed by atoms with van der Waals surface area (Å²) >= 11 is 5.35. The van der Waals surface area contributed by atoms with E-state index in [1.54, 1.807) is 26.0 Å². The SMILES string of the molecule is Cc1ccc(S(=O)(=O)N[C@@H](C)[C@H](C)C(=O)Cl)cc1. The predicted octanol–water partition coefficient (Wildman–Crippen LogP) is 2.06. The number of hydrogen-bond acceptors (Lipinski definition) is 3. The van der Waals surface area contributed by atoms with Crippen LogP contribution in [0.3, 0.4) is 0 Å². The summed E-state index contributed by atoms with van der Waals surface area (Å²) in [7, 11) is -3.62. The number of carbonyl (C=O) groups is 1. The van der Waals surface area contributed by atoms with Crippen LogP contribution in [0.15, 0.2) is 29.2 Å². The first kappa shape index (κ1) is 15.1. The van der Waals surface area contributed by atoms with Gasteiger partial charge in [0.15, 0.2) is 0 Å². The van der Waals surface area contributed by atoms with Crippen molar-refractivity contribution in [3.63, 3.8) is 0 Å². The van der Waals surface area contributed by atoms with E-state index in [1.807, 2.05) is 6.92 Å². The third-order valence-corrected chi connectivity index (χ3v) is 4.70. The Bertz CT molecular complexity index is 525. The normalized spacial score (nSPS) is 15.1. The molecule has 0 aliphatic carbocycles. The van der Waals surface area contributed by atoms with Crippen LogP contribution in [0, 0.1) is 12.8 Å². The van der Waals surface area contributed by atoms with Gasteiger partial charge in [0.2, 0.25) is 15.3 Å². The van der Waals surface area contributed by atoms with Gasteiger partial charge in [-0.2, -0.15) is 0 Å². The van der Waals surface area contributed by atoms with Gasteiger partial charge < -0.3 is 0 Å². The van der Waals surface area contributed by atoms with Crippen LogP contribution in [-0.4, -0.2) is 19.7 Å². The summed E-state index contributed by atoms with van der Waals surface area (Å²) in [5, 5.41) is -0.561. The zero-order valence-corrected chi connectivity index (χ0v) is 12.0. The Morgan fingerprint density at radius 1 is 1.22 bits per heavy atom. The molecular weight excluding hydrogens is 274 g/mol. The van der Waals surface area contributed by atoms with Crippen molar-refractivity contribution in [3.8, 4) is 0 Å². The highest BCUT2D eigenvalue weighted by molar-refractivity contribution is 7.89. The van der Waals surface area contributed by atoms with E-state index in [1.165, 1.54) is 12.1 Å². The summed E-state index contributed by atoms with van der Waals surface area (Å²) in [5.74, 6) is -0.577. The third kappa shape index (κ3) is 3.80. The largest absolute Gasteiger partial charge is 0.281 e. The molecule has 0 unspecified atom stereocenters. The van der Waals surface area contributed by atoms with Gasteiger partial charge in [0.1, 0.15) is 0 Å². The molecule has 4 nitrogen and oxygen atoms in total. The maximum absolute atomic E-state index is 12.0. The first-order valence-corrected chi connectivity index (χ1v) is 7.38. The zero-order valence-electron chi connectivity index (χ0n) is 10.5. The Balaban J connectivity index is 2.89. The van der Waals surface area contributed by atoms with E-state index in [-0.39, 0.29) is 4.90 Å². The highest BCUT2D eigenvalue weighted by Gasteiger charge is 2.24. The quantitative estimate of drug-likeness (QED) is 0.844. The molecule has 0 heterocycles. The molecular formula is C12H16ClNO3S. The average Bonchev–Trinajstić information content (AvgIpc) is 2.27. The van der Waals surface area contributed by atoms with Gasteiger partial charge in [0, 0.05) is 12.0 Å². The van der Waals surface area contributed by atoms with Gasteiger partial charge in [-0.15, -0.1) is 0 Å². The molecule has 6 heteroatoms. The Morgan fingerprint density at radius 3 is 2.17 bits per heavy atom. The fourth-order valence-corrected chi connectivity index (χ4v) is 2.84. The number of nitrogens with one attached hydrogen (secondary N) is 1. The zero-order chi connectivity index (χ0) is 13.9. The van der Waals surface area contributed by atoms with Crippen molar-refractivity contribution < 1.29 is 13.2 Å². The number of hydrogen-bond donors (Lipinski definition) is 1. The molecule has 0 fully saturated rings. The summed E-state index contributed by atoms with van der Waals surface area (Å²) in [4.78, 5) is 11.2. The molecule has 0 amide bonds. The highest BCUT2D eigenvalue weighted by Crippen LogP contribution is 2.13. The van der Waals surface area contributed by atoms with Crippen LogP contribution in [0.1, 0.15) is 19.4 Å². The molecule has 1 N–H and O–H groups in total. The van der Waals surface area contributed by atoms with Crippen molar-refractivity contribution in [2.75, 3.05) is 0 Å². The first-order valence-electron chi connectivity index (χ1n) is 5.52. The molecule has 0 aliphatic heterocycles. The van der Waals surface area contributed by atoms with Gasteiger partial charge >= 0.3 is 0 Å². The van der Waals surface area contributed by atoms with Gasteiger partial charge in [-0.3, -0.25) is 4.79 Å². The maximum atomic E-state index is 12.0. The van der Waals surface area contributed by atoms with Crippen molar-refractivity contribution in [2.24, 2.45) is 5.92 Å². The molecule has 0 aromatic heterocycles. The van der Waals surface area contributed by atoms with Crippen molar-refractivity contribution in [2.45, 2.75) is 31.7 Å². The summed E-state index contributed by atoms with van der Waals surface area (Å²) < 4.78 is 26.5. The summed E-state index contributed by atoms with van der Waals surface area (Å²) in [5.41, 5.74) is 0.978. The Labute approximate surface area is 112 Å². The molecule has 0 saturated heterocycles. The number of rotatable bonds is 5. The van der Waals surface area contributed by atoms with E-state index in [0.29, 0.717) is 0 Å². The smallest absolute Gasteiger partial charge is 0.240 e. The standard InChI is InChI=1S/C12H16ClNO3S/c1-8-4-6-11(7-5-8)18(16,17)14-10(3)9(2)12(13)15/h4-7,9-10,14H,1-3H3/t9-,10-/m0/s1. The minimum absolute atomic E-state index is 0.175. The monoisotopic (exact) mass is 289 g/mol. The van der Waals surface area contributed by atoms with E-state index >= 15 is 0 Å². The van der Waals surface area contributed by atoms with Crippen LogP contribution in [0.5, 0.6) is 0 Å². The molecule has 100 valence electrons. The fraction of sp³-hybridized carbons (Fsp3) is 0.417. The van der Waals surface area contributed by atoms with Crippen molar-refractivity contribution in [1.29, 1.82) is 0 Å². The third-order valence-electron chi connectivity index (χ3n) is 2.78. The summed E-state index contributed by atoms with van der Waals surface area (Å²) in [6.07, 6.45) is 0. The predicted molar refractivity (Wildman–Crippen MR) is 71.0 cm³/mol.